The van der Waals surface area contributed by atoms with E-state index in [9.17, 15) is 4.39 Å². The molecule has 3 rings (SSSR count). The zero-order valence-electron chi connectivity index (χ0n) is 10.1. The quantitative estimate of drug-likeness (QED) is 0.620. The van der Waals surface area contributed by atoms with Crippen LogP contribution in [0.3, 0.4) is 0 Å². The third-order valence-corrected chi connectivity index (χ3v) is 3.21. The SMILES string of the molecule is N#Cc1c(F)cccc1-c1cccc2ccccc12. The molecule has 0 saturated carbocycles. The van der Waals surface area contributed by atoms with Crippen LogP contribution in [0.5, 0.6) is 0 Å². The second-order valence-corrected chi connectivity index (χ2v) is 4.30. The summed E-state index contributed by atoms with van der Waals surface area (Å²) in [5.41, 5.74) is 1.62. The van der Waals surface area contributed by atoms with Crippen LogP contribution in [-0.2, 0) is 0 Å². The molecule has 0 amide bonds. The zero-order chi connectivity index (χ0) is 13.2. The summed E-state index contributed by atoms with van der Waals surface area (Å²) in [7, 11) is 0. The monoisotopic (exact) mass is 247 g/mol. The van der Waals surface area contributed by atoms with Gasteiger partial charge in [-0.1, -0.05) is 54.6 Å². The molecule has 0 heterocycles. The number of hydrogen-bond acceptors (Lipinski definition) is 1. The molecule has 0 atom stereocenters. The van der Waals surface area contributed by atoms with Crippen LogP contribution in [-0.4, -0.2) is 0 Å². The maximum absolute atomic E-state index is 13.7. The van der Waals surface area contributed by atoms with Gasteiger partial charge in [0.25, 0.3) is 0 Å². The highest BCUT2D eigenvalue weighted by Gasteiger charge is 2.11. The van der Waals surface area contributed by atoms with E-state index in [0.29, 0.717) is 5.56 Å². The normalized spacial score (nSPS) is 10.3. The topological polar surface area (TPSA) is 23.8 Å². The Morgan fingerprint density at radius 3 is 2.32 bits per heavy atom. The van der Waals surface area contributed by atoms with Gasteiger partial charge in [0.05, 0.1) is 5.56 Å². The first-order chi connectivity index (χ1) is 9.31. The number of nitrogens with zero attached hydrogens (tertiary/aromatic N) is 1. The van der Waals surface area contributed by atoms with E-state index in [1.54, 1.807) is 12.1 Å². The standard InChI is InChI=1S/C17H10FN/c18-17-10-4-9-15(16(17)11-19)14-8-3-6-12-5-1-2-7-13(12)14/h1-10H. The highest BCUT2D eigenvalue weighted by atomic mass is 19.1. The van der Waals surface area contributed by atoms with Gasteiger partial charge < -0.3 is 0 Å². The Labute approximate surface area is 110 Å². The Hall–Kier alpha value is -2.66. The van der Waals surface area contributed by atoms with Gasteiger partial charge in [-0.05, 0) is 22.4 Å². The van der Waals surface area contributed by atoms with Gasteiger partial charge >= 0.3 is 0 Å². The minimum Gasteiger partial charge on any atom is -0.206 e. The molecule has 0 fully saturated rings. The molecule has 0 aliphatic heterocycles. The predicted octanol–water partition coefficient (Wildman–Crippen LogP) is 4.52. The van der Waals surface area contributed by atoms with E-state index >= 15 is 0 Å². The molecular weight excluding hydrogens is 237 g/mol. The summed E-state index contributed by atoms with van der Waals surface area (Å²) in [5, 5.41) is 11.2. The second kappa shape index (κ2) is 4.55. The minimum absolute atomic E-state index is 0.0962. The van der Waals surface area contributed by atoms with Gasteiger partial charge in [0.15, 0.2) is 0 Å². The van der Waals surface area contributed by atoms with E-state index in [1.807, 2.05) is 48.5 Å². The van der Waals surface area contributed by atoms with E-state index in [0.717, 1.165) is 16.3 Å². The van der Waals surface area contributed by atoms with Gasteiger partial charge in [0.2, 0.25) is 0 Å². The van der Waals surface area contributed by atoms with Crippen molar-refractivity contribution in [3.63, 3.8) is 0 Å². The van der Waals surface area contributed by atoms with Crippen molar-refractivity contribution < 1.29 is 4.39 Å². The number of nitriles is 1. The minimum atomic E-state index is -0.479. The number of hydrogen-bond donors (Lipinski definition) is 0. The summed E-state index contributed by atoms with van der Waals surface area (Å²) in [6.45, 7) is 0. The second-order valence-electron chi connectivity index (χ2n) is 4.30. The number of fused-ring (bicyclic) bond motifs is 1. The summed E-state index contributed by atoms with van der Waals surface area (Å²) in [5.74, 6) is -0.479. The van der Waals surface area contributed by atoms with Crippen LogP contribution < -0.4 is 0 Å². The number of rotatable bonds is 1. The molecule has 0 aromatic heterocycles. The third kappa shape index (κ3) is 1.86. The van der Waals surface area contributed by atoms with Crippen molar-refractivity contribution in [1.82, 2.24) is 0 Å². The molecule has 3 aromatic rings. The van der Waals surface area contributed by atoms with Crippen molar-refractivity contribution in [2.75, 3.05) is 0 Å². The van der Waals surface area contributed by atoms with E-state index in [4.69, 9.17) is 5.26 Å². The highest BCUT2D eigenvalue weighted by Crippen LogP contribution is 2.31. The molecule has 90 valence electrons. The van der Waals surface area contributed by atoms with Gasteiger partial charge in [-0.15, -0.1) is 0 Å². The van der Waals surface area contributed by atoms with Crippen molar-refractivity contribution >= 4 is 10.8 Å². The number of benzene rings is 3. The van der Waals surface area contributed by atoms with Crippen LogP contribution in [0.25, 0.3) is 21.9 Å². The molecular formula is C17H10FN. The lowest BCUT2D eigenvalue weighted by Gasteiger charge is -2.08. The summed E-state index contributed by atoms with van der Waals surface area (Å²) in [6, 6.07) is 20.4. The maximum atomic E-state index is 13.7. The van der Waals surface area contributed by atoms with Crippen LogP contribution in [0, 0.1) is 17.1 Å². The fourth-order valence-electron chi connectivity index (χ4n) is 2.32. The van der Waals surface area contributed by atoms with E-state index in [-0.39, 0.29) is 5.56 Å². The molecule has 1 nitrogen and oxygen atoms in total. The molecule has 0 unspecified atom stereocenters. The first-order valence-corrected chi connectivity index (χ1v) is 5.98. The molecule has 0 bridgehead atoms. The Morgan fingerprint density at radius 1 is 0.789 bits per heavy atom. The molecule has 0 aliphatic rings. The van der Waals surface area contributed by atoms with Crippen molar-refractivity contribution in [3.05, 3.63) is 72.0 Å². The fourth-order valence-corrected chi connectivity index (χ4v) is 2.32. The number of halogens is 1. The zero-order valence-corrected chi connectivity index (χ0v) is 10.1. The Bertz CT molecular complexity index is 794. The molecule has 0 aliphatic carbocycles. The van der Waals surface area contributed by atoms with Gasteiger partial charge in [0.1, 0.15) is 11.9 Å². The summed E-state index contributed by atoms with van der Waals surface area (Å²) in [4.78, 5) is 0. The maximum Gasteiger partial charge on any atom is 0.141 e. The smallest absolute Gasteiger partial charge is 0.141 e. The van der Waals surface area contributed by atoms with Crippen molar-refractivity contribution in [2.45, 2.75) is 0 Å². The first kappa shape index (κ1) is 11.4. The van der Waals surface area contributed by atoms with Crippen LogP contribution >= 0.6 is 0 Å². The first-order valence-electron chi connectivity index (χ1n) is 5.98. The van der Waals surface area contributed by atoms with E-state index in [2.05, 4.69) is 0 Å². The van der Waals surface area contributed by atoms with Crippen molar-refractivity contribution in [2.24, 2.45) is 0 Å². The molecule has 0 radical (unpaired) electrons. The van der Waals surface area contributed by atoms with Crippen LogP contribution in [0.4, 0.5) is 4.39 Å². The average Bonchev–Trinajstić information content (AvgIpc) is 2.46. The molecule has 2 heteroatoms. The van der Waals surface area contributed by atoms with Crippen LogP contribution in [0.15, 0.2) is 60.7 Å². The largest absolute Gasteiger partial charge is 0.206 e. The van der Waals surface area contributed by atoms with E-state index in [1.165, 1.54) is 6.07 Å². The highest BCUT2D eigenvalue weighted by molar-refractivity contribution is 5.97. The molecule has 19 heavy (non-hydrogen) atoms. The van der Waals surface area contributed by atoms with Crippen LogP contribution in [0.2, 0.25) is 0 Å². The lowest BCUT2D eigenvalue weighted by atomic mass is 9.95. The molecule has 0 saturated heterocycles. The predicted molar refractivity (Wildman–Crippen MR) is 74.1 cm³/mol. The van der Waals surface area contributed by atoms with Gasteiger partial charge in [-0.3, -0.25) is 0 Å². The van der Waals surface area contributed by atoms with Gasteiger partial charge in [-0.2, -0.15) is 5.26 Å². The Balaban J connectivity index is 2.38. The average molecular weight is 247 g/mol. The Kier molecular flexibility index (Phi) is 2.74. The summed E-state index contributed by atoms with van der Waals surface area (Å²) < 4.78 is 13.7. The summed E-state index contributed by atoms with van der Waals surface area (Å²) >= 11 is 0. The third-order valence-electron chi connectivity index (χ3n) is 3.21. The molecule has 0 spiro atoms. The molecule has 0 N–H and O–H groups in total. The molecule has 3 aromatic carbocycles. The fraction of sp³-hybridized carbons (Fsp3) is 0. The van der Waals surface area contributed by atoms with Crippen molar-refractivity contribution in [1.29, 1.82) is 5.26 Å². The lowest BCUT2D eigenvalue weighted by molar-refractivity contribution is 0.624. The van der Waals surface area contributed by atoms with Crippen molar-refractivity contribution in [3.8, 4) is 17.2 Å². The lowest BCUT2D eigenvalue weighted by Crippen LogP contribution is -1.90. The van der Waals surface area contributed by atoms with Gasteiger partial charge in [0, 0.05) is 5.56 Å². The van der Waals surface area contributed by atoms with Crippen LogP contribution in [0.1, 0.15) is 5.56 Å². The van der Waals surface area contributed by atoms with E-state index < -0.39 is 5.82 Å². The Morgan fingerprint density at radius 2 is 1.47 bits per heavy atom. The van der Waals surface area contributed by atoms with Gasteiger partial charge in [-0.25, -0.2) is 4.39 Å². The summed E-state index contributed by atoms with van der Waals surface area (Å²) in [6.07, 6.45) is 0.